The third-order valence-electron chi connectivity index (χ3n) is 6.73. The zero-order valence-corrected chi connectivity index (χ0v) is 16.1. The van der Waals surface area contributed by atoms with Crippen LogP contribution in [0.5, 0.6) is 0 Å². The molecule has 0 spiro atoms. The summed E-state index contributed by atoms with van der Waals surface area (Å²) in [7, 11) is 0. The Morgan fingerprint density at radius 1 is 1.21 bits per heavy atom. The lowest BCUT2D eigenvalue weighted by Gasteiger charge is -2.40. The van der Waals surface area contributed by atoms with Gasteiger partial charge in [0.05, 0.1) is 11.4 Å². The molecule has 2 aromatic rings. The molecule has 2 aromatic heterocycles. The highest BCUT2D eigenvalue weighted by Gasteiger charge is 2.44. The summed E-state index contributed by atoms with van der Waals surface area (Å²) in [5, 5.41) is 4.79. The van der Waals surface area contributed by atoms with E-state index in [0.29, 0.717) is 12.0 Å². The summed E-state index contributed by atoms with van der Waals surface area (Å²) in [4.78, 5) is 26.8. The van der Waals surface area contributed by atoms with Gasteiger partial charge in [-0.3, -0.25) is 4.79 Å². The van der Waals surface area contributed by atoms with E-state index in [9.17, 15) is 4.79 Å². The second kappa shape index (κ2) is 7.20. The molecule has 5 rings (SSSR count). The van der Waals surface area contributed by atoms with Gasteiger partial charge in [0.2, 0.25) is 5.91 Å². The molecule has 0 radical (unpaired) electrons. The van der Waals surface area contributed by atoms with Gasteiger partial charge in [0, 0.05) is 31.5 Å². The molecule has 1 amide bonds. The van der Waals surface area contributed by atoms with Crippen LogP contribution in [0.1, 0.15) is 50.0 Å². The minimum Gasteiger partial charge on any atom is -0.381 e. The number of nitrogens with one attached hydrogen (secondary N) is 2. The summed E-state index contributed by atoms with van der Waals surface area (Å²) in [5.41, 5.74) is 2.15. The molecule has 0 aromatic carbocycles. The van der Waals surface area contributed by atoms with E-state index in [1.165, 1.54) is 11.6 Å². The van der Waals surface area contributed by atoms with Crippen LogP contribution in [-0.4, -0.2) is 57.1 Å². The van der Waals surface area contributed by atoms with Gasteiger partial charge < -0.3 is 19.9 Å². The van der Waals surface area contributed by atoms with Crippen molar-refractivity contribution in [3.63, 3.8) is 0 Å². The number of rotatable bonds is 4. The zero-order chi connectivity index (χ0) is 19.1. The highest BCUT2D eigenvalue weighted by Crippen LogP contribution is 2.39. The highest BCUT2D eigenvalue weighted by molar-refractivity contribution is 5.91. The number of ether oxygens (including phenoxy) is 1. The number of hydrogen-bond acceptors (Lipinski definition) is 5. The molecule has 3 fully saturated rings. The third-order valence-corrected chi connectivity index (χ3v) is 6.73. The number of carbonyl (C=O) groups is 1. The van der Waals surface area contributed by atoms with Gasteiger partial charge in [0.25, 0.3) is 0 Å². The van der Waals surface area contributed by atoms with Crippen molar-refractivity contribution in [1.29, 1.82) is 0 Å². The summed E-state index contributed by atoms with van der Waals surface area (Å²) < 4.78 is 5.54. The maximum atomic E-state index is 12.4. The lowest BCUT2D eigenvalue weighted by atomic mass is 9.91. The molecule has 3 aliphatic heterocycles. The lowest BCUT2D eigenvalue weighted by molar-refractivity contribution is -0.130. The minimum absolute atomic E-state index is 0.0522. The SMILES string of the molecule is C=CC(=O)N1[C@H]2CC[C@@H]1[C@H](Nc1ncnc3[nH]cc(C4CCOCC4)c13)CC2. The summed E-state index contributed by atoms with van der Waals surface area (Å²) in [6.07, 6.45) is 11.4. The van der Waals surface area contributed by atoms with Crippen LogP contribution in [-0.2, 0) is 9.53 Å². The first-order valence-electron chi connectivity index (χ1n) is 10.4. The van der Waals surface area contributed by atoms with Crippen LogP contribution in [0.2, 0.25) is 0 Å². The predicted octanol–water partition coefficient (Wildman–Crippen LogP) is 2.97. The maximum Gasteiger partial charge on any atom is 0.246 e. The van der Waals surface area contributed by atoms with E-state index in [0.717, 1.165) is 68.6 Å². The van der Waals surface area contributed by atoms with E-state index in [2.05, 4.69) is 33.0 Å². The summed E-state index contributed by atoms with van der Waals surface area (Å²) >= 11 is 0. The van der Waals surface area contributed by atoms with Crippen LogP contribution >= 0.6 is 0 Å². The van der Waals surface area contributed by atoms with Crippen LogP contribution < -0.4 is 5.32 Å². The Morgan fingerprint density at radius 3 is 2.86 bits per heavy atom. The Morgan fingerprint density at radius 2 is 2.04 bits per heavy atom. The topological polar surface area (TPSA) is 83.1 Å². The van der Waals surface area contributed by atoms with Crippen molar-refractivity contribution in [2.75, 3.05) is 18.5 Å². The highest BCUT2D eigenvalue weighted by atomic mass is 16.5. The molecule has 2 bridgehead atoms. The van der Waals surface area contributed by atoms with Crippen LogP contribution in [0.3, 0.4) is 0 Å². The van der Waals surface area contributed by atoms with Crippen molar-refractivity contribution >= 4 is 22.8 Å². The first-order valence-corrected chi connectivity index (χ1v) is 10.4. The fourth-order valence-electron chi connectivity index (χ4n) is 5.37. The van der Waals surface area contributed by atoms with Crippen molar-refractivity contribution in [2.45, 2.75) is 62.6 Å². The monoisotopic (exact) mass is 381 g/mol. The first-order chi connectivity index (χ1) is 13.8. The number of aromatic amines is 1. The Hall–Kier alpha value is -2.41. The van der Waals surface area contributed by atoms with Crippen molar-refractivity contribution < 1.29 is 9.53 Å². The minimum atomic E-state index is 0.0522. The molecule has 7 heteroatoms. The van der Waals surface area contributed by atoms with Crippen molar-refractivity contribution in [1.82, 2.24) is 19.9 Å². The van der Waals surface area contributed by atoms with Gasteiger partial charge in [-0.15, -0.1) is 0 Å². The fraction of sp³-hybridized carbons (Fsp3) is 0.571. The molecule has 28 heavy (non-hydrogen) atoms. The van der Waals surface area contributed by atoms with Gasteiger partial charge in [0.15, 0.2) is 0 Å². The van der Waals surface area contributed by atoms with Crippen molar-refractivity contribution in [3.05, 3.63) is 30.7 Å². The molecule has 5 heterocycles. The average molecular weight is 381 g/mol. The molecule has 7 nitrogen and oxygen atoms in total. The van der Waals surface area contributed by atoms with Crippen molar-refractivity contribution in [3.8, 4) is 0 Å². The standard InChI is InChI=1S/C21H27N5O2/c1-2-18(27)26-14-3-5-16(17(26)6-4-14)25-21-19-15(13-7-9-28-10-8-13)11-22-20(19)23-12-24-21/h2,11-14,16-17H,1,3-10H2,(H2,22,23,24,25)/t14-,16-,17-/m1/s1. The second-order valence-corrected chi connectivity index (χ2v) is 8.15. The molecule has 3 saturated heterocycles. The number of nitrogens with zero attached hydrogens (tertiary/aromatic N) is 3. The van der Waals surface area contributed by atoms with Gasteiger partial charge in [-0.1, -0.05) is 6.58 Å². The predicted molar refractivity (Wildman–Crippen MR) is 107 cm³/mol. The van der Waals surface area contributed by atoms with Gasteiger partial charge in [-0.05, 0) is 56.1 Å². The number of carbonyl (C=O) groups excluding carboxylic acids is 1. The number of H-pyrrole nitrogens is 1. The Bertz CT molecular complexity index is 888. The molecule has 148 valence electrons. The molecule has 3 atom stereocenters. The summed E-state index contributed by atoms with van der Waals surface area (Å²) in [5.74, 6) is 1.40. The molecular weight excluding hydrogens is 354 g/mol. The normalized spacial score (nSPS) is 27.9. The van der Waals surface area contributed by atoms with E-state index in [1.807, 2.05) is 4.90 Å². The summed E-state index contributed by atoms with van der Waals surface area (Å²) in [6, 6.07) is 0.780. The molecule has 0 saturated carbocycles. The fourth-order valence-corrected chi connectivity index (χ4v) is 5.37. The van der Waals surface area contributed by atoms with E-state index in [4.69, 9.17) is 4.74 Å². The van der Waals surface area contributed by atoms with Gasteiger partial charge in [-0.25, -0.2) is 9.97 Å². The smallest absolute Gasteiger partial charge is 0.246 e. The molecule has 2 N–H and O–H groups in total. The van der Waals surface area contributed by atoms with Gasteiger partial charge >= 0.3 is 0 Å². The molecule has 3 aliphatic rings. The van der Waals surface area contributed by atoms with Gasteiger partial charge in [0.1, 0.15) is 17.8 Å². The third kappa shape index (κ3) is 2.89. The number of fused-ring (bicyclic) bond motifs is 3. The molecular formula is C21H27N5O2. The average Bonchev–Trinajstić information content (AvgIpc) is 3.31. The van der Waals surface area contributed by atoms with Crippen LogP contribution in [0.15, 0.2) is 25.2 Å². The number of anilines is 1. The van der Waals surface area contributed by atoms with Crippen LogP contribution in [0.4, 0.5) is 5.82 Å². The quantitative estimate of drug-likeness (QED) is 0.796. The van der Waals surface area contributed by atoms with Gasteiger partial charge in [-0.2, -0.15) is 0 Å². The zero-order valence-electron chi connectivity index (χ0n) is 16.1. The van der Waals surface area contributed by atoms with Crippen molar-refractivity contribution in [2.24, 2.45) is 0 Å². The van der Waals surface area contributed by atoms with E-state index in [-0.39, 0.29) is 18.0 Å². The number of aromatic nitrogens is 3. The summed E-state index contributed by atoms with van der Waals surface area (Å²) in [6.45, 7) is 5.30. The number of hydrogen-bond donors (Lipinski definition) is 2. The van der Waals surface area contributed by atoms with Crippen LogP contribution in [0.25, 0.3) is 11.0 Å². The Balaban J connectivity index is 1.46. The van der Waals surface area contributed by atoms with E-state index >= 15 is 0 Å². The second-order valence-electron chi connectivity index (χ2n) is 8.15. The first kappa shape index (κ1) is 17.7. The van der Waals surface area contributed by atoms with E-state index < -0.39 is 0 Å². The molecule has 0 unspecified atom stereocenters. The van der Waals surface area contributed by atoms with E-state index in [1.54, 1.807) is 6.33 Å². The Labute approximate surface area is 164 Å². The maximum absolute atomic E-state index is 12.4. The number of piperidine rings is 1. The lowest BCUT2D eigenvalue weighted by Crippen LogP contribution is -2.52. The van der Waals surface area contributed by atoms with Crippen LogP contribution in [0, 0.1) is 0 Å². The largest absolute Gasteiger partial charge is 0.381 e. The molecule has 0 aliphatic carbocycles. The Kier molecular flexibility index (Phi) is 4.55. The number of amides is 1.